The summed E-state index contributed by atoms with van der Waals surface area (Å²) in [6.07, 6.45) is 2.43. The SMILES string of the molecule is CC(c1ccc(S(N)(=O)=N[Si](C)(C)C(C)(C)C)c(F)c1)N(C(=O)OC(C)(C)C)C1CCC1. The Labute approximate surface area is 194 Å². The molecule has 182 valence electrons. The fourth-order valence-electron chi connectivity index (χ4n) is 3.30. The number of benzene rings is 1. The molecule has 1 aliphatic carbocycles. The number of hydrogen-bond donors (Lipinski definition) is 1. The van der Waals surface area contributed by atoms with Crippen LogP contribution in [0.3, 0.4) is 0 Å². The zero-order chi connectivity index (χ0) is 24.7. The van der Waals surface area contributed by atoms with E-state index in [1.54, 1.807) is 11.0 Å². The zero-order valence-corrected chi connectivity index (χ0v) is 22.8. The van der Waals surface area contributed by atoms with E-state index < -0.39 is 41.7 Å². The van der Waals surface area contributed by atoms with Gasteiger partial charge in [-0.05, 0) is 82.8 Å². The van der Waals surface area contributed by atoms with E-state index in [0.29, 0.717) is 5.56 Å². The van der Waals surface area contributed by atoms with E-state index in [2.05, 4.69) is 4.03 Å². The molecule has 0 aliphatic heterocycles. The number of nitrogens with zero attached hydrogens (tertiary/aromatic N) is 2. The summed E-state index contributed by atoms with van der Waals surface area (Å²) in [5.74, 6) is -0.665. The number of hydrogen-bond acceptors (Lipinski definition) is 4. The van der Waals surface area contributed by atoms with Gasteiger partial charge in [-0.15, -0.1) is 0 Å². The van der Waals surface area contributed by atoms with E-state index in [0.717, 1.165) is 19.3 Å². The fourth-order valence-corrected chi connectivity index (χ4v) is 8.11. The molecule has 1 aliphatic rings. The van der Waals surface area contributed by atoms with E-state index in [1.807, 2.05) is 61.6 Å². The summed E-state index contributed by atoms with van der Waals surface area (Å²) in [5, 5.41) is 5.91. The Morgan fingerprint density at radius 2 is 1.81 bits per heavy atom. The summed E-state index contributed by atoms with van der Waals surface area (Å²) in [6.45, 7) is 17.4. The smallest absolute Gasteiger partial charge is 0.411 e. The first-order chi connectivity index (χ1) is 14.4. The lowest BCUT2D eigenvalue weighted by molar-refractivity contribution is -0.00436. The van der Waals surface area contributed by atoms with E-state index in [9.17, 15) is 9.00 Å². The molecule has 1 saturated carbocycles. The van der Waals surface area contributed by atoms with Crippen molar-refractivity contribution >= 4 is 24.2 Å². The maximum Gasteiger partial charge on any atom is 0.411 e. The van der Waals surface area contributed by atoms with Gasteiger partial charge in [-0.3, -0.25) is 8.93 Å². The van der Waals surface area contributed by atoms with Crippen LogP contribution in [0.25, 0.3) is 0 Å². The molecule has 9 heteroatoms. The average molecular weight is 486 g/mol. The van der Waals surface area contributed by atoms with Gasteiger partial charge < -0.3 is 4.74 Å². The quantitative estimate of drug-likeness (QED) is 0.491. The lowest BCUT2D eigenvalue weighted by Crippen LogP contribution is -2.47. The first-order valence-corrected chi connectivity index (χ1v) is 15.7. The Bertz CT molecular complexity index is 972. The third kappa shape index (κ3) is 6.11. The third-order valence-electron chi connectivity index (χ3n) is 6.44. The largest absolute Gasteiger partial charge is 0.444 e. The molecule has 0 bridgehead atoms. The molecule has 0 aromatic heterocycles. The topological polar surface area (TPSA) is 85.0 Å². The van der Waals surface area contributed by atoms with Crippen LogP contribution in [-0.4, -0.2) is 35.1 Å². The van der Waals surface area contributed by atoms with Crippen molar-refractivity contribution in [2.75, 3.05) is 0 Å². The van der Waals surface area contributed by atoms with Crippen molar-refractivity contribution in [2.24, 2.45) is 9.17 Å². The molecule has 1 amide bonds. The molecule has 1 aromatic rings. The highest BCUT2D eigenvalue weighted by molar-refractivity contribution is 7.92. The molecule has 2 N–H and O–H groups in total. The molecule has 2 unspecified atom stereocenters. The Hall–Kier alpha value is -1.45. The van der Waals surface area contributed by atoms with Crippen molar-refractivity contribution in [3.05, 3.63) is 29.6 Å². The van der Waals surface area contributed by atoms with Gasteiger partial charge in [0.05, 0.1) is 10.9 Å². The van der Waals surface area contributed by atoms with Gasteiger partial charge in [0.2, 0.25) is 0 Å². The summed E-state index contributed by atoms with van der Waals surface area (Å²) in [7, 11) is -5.75. The Morgan fingerprint density at radius 1 is 1.25 bits per heavy atom. The number of ether oxygens (including phenoxy) is 1. The normalized spacial score (nSPS) is 18.3. The van der Waals surface area contributed by atoms with Gasteiger partial charge in [0.1, 0.15) is 21.3 Å². The Morgan fingerprint density at radius 3 is 2.22 bits per heavy atom. The molecule has 32 heavy (non-hydrogen) atoms. The number of halogens is 1. The van der Waals surface area contributed by atoms with Crippen LogP contribution in [0.15, 0.2) is 27.1 Å². The van der Waals surface area contributed by atoms with Crippen molar-refractivity contribution < 1.29 is 18.1 Å². The standard InChI is InChI=1S/C23H40FN3O3SSi/c1-16(27(18-11-10-12-18)21(28)30-22(2,3)4)17-13-14-20(19(24)15-17)31(25,29)26-32(8,9)23(5,6)7/h13-16,18H,10-12H2,1-9H3,(H2,25,26,29). The zero-order valence-electron chi connectivity index (χ0n) is 21.0. The number of rotatable bonds is 5. The van der Waals surface area contributed by atoms with Crippen LogP contribution in [0.2, 0.25) is 18.1 Å². The molecule has 0 saturated heterocycles. The van der Waals surface area contributed by atoms with Crippen molar-refractivity contribution in [3.63, 3.8) is 0 Å². The second-order valence-electron chi connectivity index (χ2n) is 11.3. The number of carbonyl (C=O) groups is 1. The van der Waals surface area contributed by atoms with E-state index in [-0.39, 0.29) is 16.0 Å². The number of nitrogens with two attached hydrogens (primary N) is 1. The highest BCUT2D eigenvalue weighted by Gasteiger charge is 2.38. The molecule has 0 heterocycles. The monoisotopic (exact) mass is 485 g/mol. The van der Waals surface area contributed by atoms with Crippen LogP contribution in [0.4, 0.5) is 9.18 Å². The maximum atomic E-state index is 15.2. The van der Waals surface area contributed by atoms with Gasteiger partial charge in [0, 0.05) is 6.04 Å². The molecule has 1 fully saturated rings. The summed E-state index contributed by atoms with van der Waals surface area (Å²) in [5.41, 5.74) is -0.0175. The molecular weight excluding hydrogens is 445 g/mol. The summed E-state index contributed by atoms with van der Waals surface area (Å²) in [4.78, 5) is 14.5. The fraction of sp³-hybridized carbons (Fsp3) is 0.696. The van der Waals surface area contributed by atoms with Crippen LogP contribution in [0, 0.1) is 5.82 Å². The highest BCUT2D eigenvalue weighted by Crippen LogP contribution is 2.38. The lowest BCUT2D eigenvalue weighted by Gasteiger charge is -2.42. The van der Waals surface area contributed by atoms with Crippen LogP contribution >= 0.6 is 0 Å². The Balaban J connectivity index is 2.41. The summed E-state index contributed by atoms with van der Waals surface area (Å²) in [6, 6.07) is 4.13. The molecule has 0 spiro atoms. The number of amides is 1. The summed E-state index contributed by atoms with van der Waals surface area (Å²) >= 11 is 0. The Kier molecular flexibility index (Phi) is 7.59. The molecule has 2 atom stereocenters. The van der Waals surface area contributed by atoms with Crippen molar-refractivity contribution in [3.8, 4) is 0 Å². The lowest BCUT2D eigenvalue weighted by atomic mass is 9.89. The van der Waals surface area contributed by atoms with Gasteiger partial charge in [0.25, 0.3) is 0 Å². The average Bonchev–Trinajstić information content (AvgIpc) is 2.53. The van der Waals surface area contributed by atoms with Crippen molar-refractivity contribution in [1.82, 2.24) is 4.90 Å². The highest BCUT2D eigenvalue weighted by atomic mass is 32.2. The minimum atomic E-state index is -3.39. The second kappa shape index (κ2) is 9.06. The van der Waals surface area contributed by atoms with Crippen molar-refractivity contribution in [1.29, 1.82) is 0 Å². The predicted molar refractivity (Wildman–Crippen MR) is 131 cm³/mol. The first-order valence-electron chi connectivity index (χ1n) is 11.2. The minimum absolute atomic E-state index is 0.0647. The van der Waals surface area contributed by atoms with Gasteiger partial charge in [0.15, 0.2) is 8.24 Å². The van der Waals surface area contributed by atoms with Crippen molar-refractivity contribution in [2.45, 2.75) is 108 Å². The van der Waals surface area contributed by atoms with Crippen LogP contribution in [0.5, 0.6) is 0 Å². The summed E-state index contributed by atoms with van der Waals surface area (Å²) < 4.78 is 38.5. The molecule has 6 nitrogen and oxygen atoms in total. The molecular formula is C23H40FN3O3SSi. The van der Waals surface area contributed by atoms with Gasteiger partial charge in [-0.2, -0.15) is 0 Å². The molecule has 0 radical (unpaired) electrons. The van der Waals surface area contributed by atoms with Gasteiger partial charge >= 0.3 is 6.09 Å². The van der Waals surface area contributed by atoms with E-state index in [4.69, 9.17) is 9.88 Å². The molecule has 1 aromatic carbocycles. The minimum Gasteiger partial charge on any atom is -0.444 e. The van der Waals surface area contributed by atoms with Gasteiger partial charge in [-0.1, -0.05) is 26.8 Å². The second-order valence-corrected chi connectivity index (χ2v) is 18.2. The van der Waals surface area contributed by atoms with Crippen LogP contribution < -0.4 is 5.14 Å². The number of carbonyl (C=O) groups excluding carboxylic acids is 1. The van der Waals surface area contributed by atoms with E-state index >= 15 is 4.39 Å². The maximum absolute atomic E-state index is 15.2. The third-order valence-corrected chi connectivity index (χ3v) is 14.0. The van der Waals surface area contributed by atoms with Crippen LogP contribution in [0.1, 0.15) is 79.3 Å². The first kappa shape index (κ1) is 26.8. The van der Waals surface area contributed by atoms with E-state index in [1.165, 1.54) is 12.1 Å². The van der Waals surface area contributed by atoms with Crippen LogP contribution in [-0.2, 0) is 14.7 Å². The van der Waals surface area contributed by atoms with Gasteiger partial charge in [-0.25, -0.2) is 18.5 Å². The molecule has 2 rings (SSSR count). The predicted octanol–water partition coefficient (Wildman–Crippen LogP) is 6.38.